The number of aryl methyl sites for hydroxylation is 1. The van der Waals surface area contributed by atoms with Crippen LogP contribution in [-0.4, -0.2) is 36.1 Å². The number of benzene rings is 1. The molecule has 1 fully saturated rings. The van der Waals surface area contributed by atoms with Crippen LogP contribution in [0.2, 0.25) is 0 Å². The van der Waals surface area contributed by atoms with E-state index in [2.05, 4.69) is 25.8 Å². The number of anilines is 2. The number of hydrogen-bond donors (Lipinski definition) is 0. The van der Waals surface area contributed by atoms with E-state index < -0.39 is 0 Å². The minimum Gasteiger partial charge on any atom is -0.368 e. The zero-order chi connectivity index (χ0) is 16.4. The first kappa shape index (κ1) is 15.2. The maximum atomic E-state index is 13.3. The summed E-state index contributed by atoms with van der Waals surface area (Å²) < 4.78 is 13.3. The van der Waals surface area contributed by atoms with Crippen LogP contribution in [0.25, 0.3) is 0 Å². The summed E-state index contributed by atoms with van der Waals surface area (Å²) in [6.45, 7) is 3.55. The molecule has 2 heterocycles. The molecule has 1 aromatic heterocycles. The van der Waals surface area contributed by atoms with Crippen molar-refractivity contribution < 1.29 is 4.39 Å². The molecule has 0 aliphatic carbocycles. The van der Waals surface area contributed by atoms with E-state index in [0.717, 1.165) is 36.7 Å². The summed E-state index contributed by atoms with van der Waals surface area (Å²) in [6.07, 6.45) is 2.53. The molecule has 1 aliphatic rings. The average Bonchev–Trinajstić information content (AvgIpc) is 3.03. The molecule has 23 heavy (non-hydrogen) atoms. The zero-order valence-electron chi connectivity index (χ0n) is 13.2. The van der Waals surface area contributed by atoms with Crippen molar-refractivity contribution in [3.8, 4) is 6.07 Å². The highest BCUT2D eigenvalue weighted by Crippen LogP contribution is 2.27. The van der Waals surface area contributed by atoms with Crippen LogP contribution in [0.15, 0.2) is 30.6 Å². The third kappa shape index (κ3) is 3.09. The zero-order valence-corrected chi connectivity index (χ0v) is 13.2. The molecular formula is C17H18FN5. The van der Waals surface area contributed by atoms with Gasteiger partial charge in [-0.3, -0.25) is 0 Å². The Morgan fingerprint density at radius 1 is 1.35 bits per heavy atom. The van der Waals surface area contributed by atoms with Gasteiger partial charge in [0.15, 0.2) is 0 Å². The Bertz CT molecular complexity index is 755. The van der Waals surface area contributed by atoms with Crippen LogP contribution in [0, 0.1) is 24.1 Å². The van der Waals surface area contributed by atoms with E-state index >= 15 is 0 Å². The van der Waals surface area contributed by atoms with E-state index in [1.165, 1.54) is 12.1 Å². The monoisotopic (exact) mass is 311 g/mol. The number of rotatable bonds is 3. The van der Waals surface area contributed by atoms with Gasteiger partial charge in [0.05, 0.1) is 11.3 Å². The van der Waals surface area contributed by atoms with Crippen molar-refractivity contribution in [2.75, 3.05) is 29.9 Å². The highest BCUT2D eigenvalue weighted by Gasteiger charge is 2.28. The lowest BCUT2D eigenvalue weighted by molar-refractivity contribution is 0.627. The summed E-state index contributed by atoms with van der Waals surface area (Å²) in [7, 11) is 2.02. The summed E-state index contributed by atoms with van der Waals surface area (Å²) in [5, 5.41) is 9.22. The van der Waals surface area contributed by atoms with Gasteiger partial charge in [-0.05, 0) is 31.5 Å². The minimum absolute atomic E-state index is 0.292. The third-order valence-electron chi connectivity index (χ3n) is 4.28. The molecule has 3 rings (SSSR count). The molecule has 1 aromatic carbocycles. The molecule has 1 unspecified atom stereocenters. The van der Waals surface area contributed by atoms with E-state index in [-0.39, 0.29) is 5.82 Å². The maximum Gasteiger partial charge on any atom is 0.132 e. The second-order valence-electron chi connectivity index (χ2n) is 5.79. The molecule has 118 valence electrons. The van der Waals surface area contributed by atoms with Crippen molar-refractivity contribution in [3.63, 3.8) is 0 Å². The van der Waals surface area contributed by atoms with Gasteiger partial charge in [0.1, 0.15) is 24.0 Å². The Labute approximate surface area is 135 Å². The number of halogens is 1. The van der Waals surface area contributed by atoms with Gasteiger partial charge in [0.25, 0.3) is 0 Å². The second-order valence-corrected chi connectivity index (χ2v) is 5.79. The van der Waals surface area contributed by atoms with Crippen molar-refractivity contribution in [1.82, 2.24) is 9.97 Å². The minimum atomic E-state index is -0.380. The van der Waals surface area contributed by atoms with Gasteiger partial charge in [-0.2, -0.15) is 5.26 Å². The lowest BCUT2D eigenvalue weighted by atomic mass is 10.1. The number of nitrogens with zero attached hydrogens (tertiary/aromatic N) is 5. The molecule has 0 spiro atoms. The second kappa shape index (κ2) is 6.21. The van der Waals surface area contributed by atoms with Crippen LogP contribution in [0.4, 0.5) is 15.9 Å². The molecule has 1 atom stereocenters. The van der Waals surface area contributed by atoms with Crippen LogP contribution in [-0.2, 0) is 0 Å². The lowest BCUT2D eigenvalue weighted by Gasteiger charge is -2.26. The first-order chi connectivity index (χ1) is 11.1. The molecule has 0 amide bonds. The molecule has 6 heteroatoms. The third-order valence-corrected chi connectivity index (χ3v) is 4.28. The Kier molecular flexibility index (Phi) is 4.11. The van der Waals surface area contributed by atoms with Crippen LogP contribution in [0.1, 0.15) is 17.7 Å². The van der Waals surface area contributed by atoms with Crippen molar-refractivity contribution in [3.05, 3.63) is 47.7 Å². The fourth-order valence-electron chi connectivity index (χ4n) is 2.97. The van der Waals surface area contributed by atoms with Crippen molar-refractivity contribution in [2.45, 2.75) is 19.4 Å². The standard InChI is InChI=1S/C17H18FN5/c1-12-7-17(21-11-20-12)22(2)15-5-6-23(10-15)16-4-3-14(18)8-13(16)9-19/h3-4,7-8,11,15H,5-6,10H2,1-2H3. The number of likely N-dealkylation sites (N-methyl/N-ethyl adjacent to an activating group) is 1. The summed E-state index contributed by atoms with van der Waals surface area (Å²) >= 11 is 0. The summed E-state index contributed by atoms with van der Waals surface area (Å²) in [5.41, 5.74) is 2.11. The van der Waals surface area contributed by atoms with Crippen LogP contribution in [0.3, 0.4) is 0 Å². The van der Waals surface area contributed by atoms with Gasteiger partial charge in [0, 0.05) is 37.9 Å². The van der Waals surface area contributed by atoms with E-state index in [1.54, 1.807) is 12.4 Å². The fraction of sp³-hybridized carbons (Fsp3) is 0.353. The normalized spacial score (nSPS) is 17.1. The number of hydrogen-bond acceptors (Lipinski definition) is 5. The molecule has 0 bridgehead atoms. The van der Waals surface area contributed by atoms with Gasteiger partial charge >= 0.3 is 0 Å². The number of nitriles is 1. The van der Waals surface area contributed by atoms with Crippen LogP contribution >= 0.6 is 0 Å². The Hall–Kier alpha value is -2.68. The summed E-state index contributed by atoms with van der Waals surface area (Å²) in [4.78, 5) is 12.7. The van der Waals surface area contributed by atoms with Crippen LogP contribution < -0.4 is 9.80 Å². The molecule has 0 N–H and O–H groups in total. The predicted molar refractivity (Wildman–Crippen MR) is 86.9 cm³/mol. The SMILES string of the molecule is Cc1cc(N(C)C2CCN(c3ccc(F)cc3C#N)C2)ncn1. The number of aromatic nitrogens is 2. The van der Waals surface area contributed by atoms with Gasteiger partial charge < -0.3 is 9.80 Å². The molecule has 1 aliphatic heterocycles. The first-order valence-electron chi connectivity index (χ1n) is 7.54. The Morgan fingerprint density at radius 3 is 2.91 bits per heavy atom. The Morgan fingerprint density at radius 2 is 2.17 bits per heavy atom. The largest absolute Gasteiger partial charge is 0.368 e. The van der Waals surface area contributed by atoms with Gasteiger partial charge in [-0.25, -0.2) is 14.4 Å². The molecular weight excluding hydrogens is 293 g/mol. The van der Waals surface area contributed by atoms with Crippen molar-refractivity contribution in [1.29, 1.82) is 5.26 Å². The summed E-state index contributed by atoms with van der Waals surface area (Å²) in [6, 6.07) is 8.71. The summed E-state index contributed by atoms with van der Waals surface area (Å²) in [5.74, 6) is 0.513. The smallest absolute Gasteiger partial charge is 0.132 e. The Balaban J connectivity index is 1.77. The van der Waals surface area contributed by atoms with Crippen LogP contribution in [0.5, 0.6) is 0 Å². The molecule has 1 saturated heterocycles. The average molecular weight is 311 g/mol. The van der Waals surface area contributed by atoms with E-state index in [1.807, 2.05) is 20.0 Å². The predicted octanol–water partition coefficient (Wildman–Crippen LogP) is 2.51. The quantitative estimate of drug-likeness (QED) is 0.872. The van der Waals surface area contributed by atoms with Gasteiger partial charge in [0.2, 0.25) is 0 Å². The van der Waals surface area contributed by atoms with E-state index in [0.29, 0.717) is 11.6 Å². The molecule has 0 saturated carbocycles. The van der Waals surface area contributed by atoms with Gasteiger partial charge in [-0.15, -0.1) is 0 Å². The van der Waals surface area contributed by atoms with E-state index in [9.17, 15) is 9.65 Å². The topological polar surface area (TPSA) is 56.0 Å². The molecule has 5 nitrogen and oxygen atoms in total. The van der Waals surface area contributed by atoms with E-state index in [4.69, 9.17) is 0 Å². The molecule has 0 radical (unpaired) electrons. The lowest BCUT2D eigenvalue weighted by Crippen LogP contribution is -2.35. The van der Waals surface area contributed by atoms with Crippen molar-refractivity contribution in [2.24, 2.45) is 0 Å². The van der Waals surface area contributed by atoms with Gasteiger partial charge in [-0.1, -0.05) is 0 Å². The highest BCUT2D eigenvalue weighted by atomic mass is 19.1. The van der Waals surface area contributed by atoms with Crippen molar-refractivity contribution >= 4 is 11.5 Å². The molecule has 2 aromatic rings. The first-order valence-corrected chi connectivity index (χ1v) is 7.54. The maximum absolute atomic E-state index is 13.3. The highest BCUT2D eigenvalue weighted by molar-refractivity contribution is 5.60. The fourth-order valence-corrected chi connectivity index (χ4v) is 2.97.